The predicted octanol–water partition coefficient (Wildman–Crippen LogP) is 5.05. The lowest BCUT2D eigenvalue weighted by molar-refractivity contribution is -0.162. The van der Waals surface area contributed by atoms with E-state index in [2.05, 4.69) is 11.8 Å². The molecule has 1 aromatic rings. The van der Waals surface area contributed by atoms with E-state index in [0.717, 1.165) is 49.8 Å². The van der Waals surface area contributed by atoms with Crippen molar-refractivity contribution < 1.29 is 33.3 Å². The van der Waals surface area contributed by atoms with Gasteiger partial charge in [0.1, 0.15) is 5.75 Å². The van der Waals surface area contributed by atoms with Crippen molar-refractivity contribution in [2.45, 2.75) is 71.0 Å². The van der Waals surface area contributed by atoms with Gasteiger partial charge in [0.05, 0.1) is 20.3 Å². The van der Waals surface area contributed by atoms with E-state index in [4.69, 9.17) is 23.7 Å². The third-order valence-corrected chi connectivity index (χ3v) is 5.35. The molecule has 0 spiro atoms. The second-order valence-corrected chi connectivity index (χ2v) is 8.11. The maximum atomic E-state index is 11.6. The summed E-state index contributed by atoms with van der Waals surface area (Å²) in [6.07, 6.45) is 10.6. The Morgan fingerprint density at radius 2 is 2.00 bits per heavy atom. The highest BCUT2D eigenvalue weighted by molar-refractivity contribution is 5.88. The average Bonchev–Trinajstić information content (AvgIpc) is 2.87. The van der Waals surface area contributed by atoms with Crippen molar-refractivity contribution in [3.63, 3.8) is 0 Å². The van der Waals surface area contributed by atoms with E-state index >= 15 is 0 Å². The van der Waals surface area contributed by atoms with Gasteiger partial charge in [0.25, 0.3) is 0 Å². The van der Waals surface area contributed by atoms with E-state index in [-0.39, 0.29) is 12.3 Å². The van der Waals surface area contributed by atoms with Crippen LogP contribution in [0.5, 0.6) is 5.75 Å². The van der Waals surface area contributed by atoms with E-state index in [1.807, 2.05) is 18.2 Å². The number of hydrogen-bond donors (Lipinski definition) is 0. The summed E-state index contributed by atoms with van der Waals surface area (Å²) in [5.41, 5.74) is 1.51. The molecule has 192 valence electrons. The summed E-state index contributed by atoms with van der Waals surface area (Å²) in [6, 6.07) is 5.63. The van der Waals surface area contributed by atoms with Crippen molar-refractivity contribution in [3.05, 3.63) is 35.4 Å². The topological polar surface area (TPSA) is 80.3 Å². The Labute approximate surface area is 209 Å². The molecule has 7 nitrogen and oxygen atoms in total. The molecule has 1 aromatic carbocycles. The van der Waals surface area contributed by atoms with Crippen LogP contribution in [0, 0.1) is 11.8 Å². The zero-order valence-electron chi connectivity index (χ0n) is 21.0. The van der Waals surface area contributed by atoms with Gasteiger partial charge in [-0.2, -0.15) is 0 Å². The van der Waals surface area contributed by atoms with Crippen LogP contribution in [0.1, 0.15) is 75.8 Å². The molecule has 7 heteroatoms. The van der Waals surface area contributed by atoms with Gasteiger partial charge in [0.2, 0.25) is 0 Å². The van der Waals surface area contributed by atoms with Crippen LogP contribution in [-0.2, 0) is 28.5 Å². The molecule has 1 unspecified atom stereocenters. The number of ether oxygens (including phenoxy) is 5. The van der Waals surface area contributed by atoms with Crippen molar-refractivity contribution >= 4 is 18.0 Å². The summed E-state index contributed by atoms with van der Waals surface area (Å²) in [6.45, 7) is 4.10. The van der Waals surface area contributed by atoms with E-state index in [0.29, 0.717) is 44.8 Å². The Hall–Kier alpha value is -2.82. The normalized spacial score (nSPS) is 15.3. The van der Waals surface area contributed by atoms with Crippen molar-refractivity contribution in [1.29, 1.82) is 0 Å². The maximum absolute atomic E-state index is 11.6. The number of unbranched alkanes of at least 4 members (excludes halogenated alkanes) is 3. The molecule has 0 amide bonds. The monoisotopic (exact) mass is 486 g/mol. The smallest absolute Gasteiger partial charge is 0.330 e. The Kier molecular flexibility index (Phi) is 14.3. The zero-order chi connectivity index (χ0) is 25.1. The van der Waals surface area contributed by atoms with Gasteiger partial charge in [-0.3, -0.25) is 4.79 Å². The molecule has 2 rings (SSSR count). The van der Waals surface area contributed by atoms with E-state index < -0.39 is 5.97 Å². The highest BCUT2D eigenvalue weighted by Crippen LogP contribution is 2.24. The number of benzene rings is 1. The lowest BCUT2D eigenvalue weighted by Crippen LogP contribution is -2.22. The molecule has 1 fully saturated rings. The lowest BCUT2D eigenvalue weighted by atomic mass is 10.1. The minimum atomic E-state index is -0.449. The molecule has 1 heterocycles. The first-order chi connectivity index (χ1) is 17.1. The Morgan fingerprint density at radius 1 is 1.14 bits per heavy atom. The summed E-state index contributed by atoms with van der Waals surface area (Å²) in [4.78, 5) is 23.1. The average molecular weight is 487 g/mol. The molecule has 0 radical (unpaired) electrons. The minimum absolute atomic E-state index is 0.0492. The third kappa shape index (κ3) is 11.9. The number of esters is 2. The first kappa shape index (κ1) is 28.4. The van der Waals surface area contributed by atoms with Crippen LogP contribution in [0.15, 0.2) is 24.3 Å². The van der Waals surface area contributed by atoms with Crippen LogP contribution in [0.3, 0.4) is 0 Å². The summed E-state index contributed by atoms with van der Waals surface area (Å²) in [5, 5.41) is 0. The first-order valence-electron chi connectivity index (χ1n) is 12.5. The van der Waals surface area contributed by atoms with Crippen LogP contribution in [0.25, 0.3) is 6.08 Å². The van der Waals surface area contributed by atoms with Gasteiger partial charge in [-0.25, -0.2) is 4.79 Å². The molecule has 1 aliphatic heterocycles. The second kappa shape index (κ2) is 17.6. The Balaban J connectivity index is 1.88. The van der Waals surface area contributed by atoms with Crippen LogP contribution >= 0.6 is 0 Å². The van der Waals surface area contributed by atoms with Gasteiger partial charge < -0.3 is 23.7 Å². The lowest BCUT2D eigenvalue weighted by Gasteiger charge is -2.22. The zero-order valence-corrected chi connectivity index (χ0v) is 21.0. The van der Waals surface area contributed by atoms with Gasteiger partial charge >= 0.3 is 11.9 Å². The summed E-state index contributed by atoms with van der Waals surface area (Å²) in [5.74, 6) is 6.41. The van der Waals surface area contributed by atoms with Crippen molar-refractivity contribution in [1.82, 2.24) is 0 Å². The number of methoxy groups -OCH3 is 1. The van der Waals surface area contributed by atoms with Gasteiger partial charge in [-0.15, -0.1) is 0 Å². The molecule has 0 saturated carbocycles. The van der Waals surface area contributed by atoms with E-state index in [9.17, 15) is 9.59 Å². The molecular formula is C28H38O7. The number of carbonyl (C=O) groups excluding carboxylic acids is 2. The van der Waals surface area contributed by atoms with Gasteiger partial charge in [0, 0.05) is 43.3 Å². The Morgan fingerprint density at radius 3 is 2.77 bits per heavy atom. The largest absolute Gasteiger partial charge is 0.493 e. The fourth-order valence-electron chi connectivity index (χ4n) is 3.49. The van der Waals surface area contributed by atoms with Crippen molar-refractivity contribution in [2.24, 2.45) is 0 Å². The van der Waals surface area contributed by atoms with Crippen LogP contribution in [0.2, 0.25) is 0 Å². The van der Waals surface area contributed by atoms with Gasteiger partial charge in [-0.1, -0.05) is 17.9 Å². The minimum Gasteiger partial charge on any atom is -0.493 e. The van der Waals surface area contributed by atoms with Crippen molar-refractivity contribution in [2.75, 3.05) is 33.5 Å². The summed E-state index contributed by atoms with van der Waals surface area (Å²) in [7, 11) is 1.34. The fourth-order valence-corrected chi connectivity index (χ4v) is 3.49. The first-order valence-corrected chi connectivity index (χ1v) is 12.5. The highest BCUT2D eigenvalue weighted by Gasteiger charge is 2.13. The van der Waals surface area contributed by atoms with E-state index in [1.54, 1.807) is 13.0 Å². The van der Waals surface area contributed by atoms with Gasteiger partial charge in [0.15, 0.2) is 6.29 Å². The second-order valence-electron chi connectivity index (χ2n) is 8.11. The molecule has 0 aliphatic carbocycles. The van der Waals surface area contributed by atoms with Gasteiger partial charge in [-0.05, 0) is 70.1 Å². The fraction of sp³-hybridized carbons (Fsp3) is 0.571. The number of hydrogen-bond acceptors (Lipinski definition) is 7. The third-order valence-electron chi connectivity index (χ3n) is 5.35. The quantitative estimate of drug-likeness (QED) is 0.158. The molecule has 1 aliphatic rings. The van der Waals surface area contributed by atoms with E-state index in [1.165, 1.54) is 19.6 Å². The predicted molar refractivity (Wildman–Crippen MR) is 134 cm³/mol. The van der Waals surface area contributed by atoms with Crippen LogP contribution in [-0.4, -0.2) is 51.8 Å². The number of rotatable bonds is 14. The highest BCUT2D eigenvalue weighted by atomic mass is 16.7. The molecule has 0 aromatic heterocycles. The van der Waals surface area contributed by atoms with Crippen LogP contribution < -0.4 is 4.74 Å². The molecule has 0 N–H and O–H groups in total. The SMILES string of the molecule is CCOC(=O)CCCCOc1cccc(C#CCCCCOC2CCCCO2)c1/C=C/C(=O)OC. The molecule has 0 bridgehead atoms. The summed E-state index contributed by atoms with van der Waals surface area (Å²) < 4.78 is 27.0. The van der Waals surface area contributed by atoms with Crippen molar-refractivity contribution in [3.8, 4) is 17.6 Å². The molecule has 1 saturated heterocycles. The Bertz CT molecular complexity index is 860. The molecule has 1 atom stereocenters. The number of carbonyl (C=O) groups is 2. The maximum Gasteiger partial charge on any atom is 0.330 e. The molecular weight excluding hydrogens is 448 g/mol. The molecule has 35 heavy (non-hydrogen) atoms. The summed E-state index contributed by atoms with van der Waals surface area (Å²) >= 11 is 0. The van der Waals surface area contributed by atoms with Crippen LogP contribution in [0.4, 0.5) is 0 Å². The standard InChI is InChI=1S/C28H38O7/c1-3-32-27(30)16-7-10-20-33-25-15-12-14-23(24(25)18-19-26(29)31-2)13-6-4-5-9-21-34-28-17-8-11-22-35-28/h12,14-15,18-19,28H,3-5,7-11,16-17,20-22H2,1-2H3/b19-18+.